The number of para-hydroxylation sites is 1. The third kappa shape index (κ3) is 10.0. The number of methoxy groups -OCH3 is 1. The molecule has 0 saturated carbocycles. The Balaban J connectivity index is 0.00000729. The molecule has 160 valence electrons. The lowest BCUT2D eigenvalue weighted by molar-refractivity contribution is 0.0278. The van der Waals surface area contributed by atoms with E-state index in [-0.39, 0.29) is 36.0 Å². The predicted octanol–water partition coefficient (Wildman–Crippen LogP) is 3.48. The minimum Gasteiger partial charge on any atom is -0.496 e. The van der Waals surface area contributed by atoms with Crippen LogP contribution in [0.4, 0.5) is 4.79 Å². The highest BCUT2D eigenvalue weighted by atomic mass is 127. The monoisotopic (exact) mass is 506 g/mol. The van der Waals surface area contributed by atoms with Crippen molar-refractivity contribution in [3.05, 3.63) is 29.8 Å². The van der Waals surface area contributed by atoms with Gasteiger partial charge in [-0.1, -0.05) is 25.1 Å². The van der Waals surface area contributed by atoms with E-state index in [1.54, 1.807) is 26.1 Å². The number of aliphatic imine (C=N–C) groups is 1. The maximum Gasteiger partial charge on any atom is 0.410 e. The molecule has 8 heteroatoms. The van der Waals surface area contributed by atoms with Crippen molar-refractivity contribution < 1.29 is 14.3 Å². The van der Waals surface area contributed by atoms with Gasteiger partial charge in [0, 0.05) is 39.3 Å². The Morgan fingerprint density at radius 1 is 1.25 bits per heavy atom. The summed E-state index contributed by atoms with van der Waals surface area (Å²) >= 11 is 0. The van der Waals surface area contributed by atoms with Crippen molar-refractivity contribution in [3.63, 3.8) is 0 Å². The van der Waals surface area contributed by atoms with E-state index in [2.05, 4.69) is 22.5 Å². The summed E-state index contributed by atoms with van der Waals surface area (Å²) in [6, 6.07) is 7.86. The number of benzene rings is 1. The highest BCUT2D eigenvalue weighted by Gasteiger charge is 2.20. The third-order valence-electron chi connectivity index (χ3n) is 3.77. The van der Waals surface area contributed by atoms with E-state index >= 15 is 0 Å². The molecule has 0 radical (unpaired) electrons. The summed E-state index contributed by atoms with van der Waals surface area (Å²) in [4.78, 5) is 17.9. The summed E-state index contributed by atoms with van der Waals surface area (Å²) in [6.07, 6.45) is -0.312. The summed E-state index contributed by atoms with van der Waals surface area (Å²) in [6.45, 7) is 9.53. The van der Waals surface area contributed by atoms with Crippen LogP contribution >= 0.6 is 24.0 Å². The van der Waals surface area contributed by atoms with Gasteiger partial charge in [-0.3, -0.25) is 4.99 Å². The zero-order chi connectivity index (χ0) is 20.4. The lowest BCUT2D eigenvalue weighted by atomic mass is 10.1. The number of hydrogen-bond acceptors (Lipinski definition) is 4. The first-order valence-corrected chi connectivity index (χ1v) is 9.16. The summed E-state index contributed by atoms with van der Waals surface area (Å²) in [5.74, 6) is 1.77. The van der Waals surface area contributed by atoms with Gasteiger partial charge in [-0.05, 0) is 32.8 Å². The Hall–Kier alpha value is -1.71. The molecular formula is C20H35IN4O3. The van der Waals surface area contributed by atoms with Crippen molar-refractivity contribution in [2.45, 2.75) is 39.8 Å². The fourth-order valence-corrected chi connectivity index (χ4v) is 2.47. The van der Waals surface area contributed by atoms with Crippen LogP contribution in [0.2, 0.25) is 0 Å². The molecule has 0 bridgehead atoms. The summed E-state index contributed by atoms with van der Waals surface area (Å²) in [5, 5.41) is 6.57. The van der Waals surface area contributed by atoms with Crippen LogP contribution < -0.4 is 15.4 Å². The lowest BCUT2D eigenvalue weighted by Gasteiger charge is -2.26. The smallest absolute Gasteiger partial charge is 0.410 e. The number of nitrogens with zero attached hydrogens (tertiary/aromatic N) is 2. The zero-order valence-corrected chi connectivity index (χ0v) is 20.4. The number of carbonyl (C=O) groups is 1. The minimum absolute atomic E-state index is 0. The number of nitrogens with one attached hydrogen (secondary N) is 2. The summed E-state index contributed by atoms with van der Waals surface area (Å²) in [5.41, 5.74) is 0.567. The Labute approximate surface area is 186 Å². The van der Waals surface area contributed by atoms with Gasteiger partial charge in [0.25, 0.3) is 0 Å². The van der Waals surface area contributed by atoms with Crippen molar-refractivity contribution in [2.24, 2.45) is 10.9 Å². The molecule has 1 aromatic rings. The normalized spacial score (nSPS) is 12.5. The van der Waals surface area contributed by atoms with Crippen molar-refractivity contribution in [1.82, 2.24) is 15.5 Å². The Morgan fingerprint density at radius 2 is 1.89 bits per heavy atom. The van der Waals surface area contributed by atoms with Gasteiger partial charge in [-0.25, -0.2) is 4.79 Å². The Morgan fingerprint density at radius 3 is 2.46 bits per heavy atom. The molecule has 1 atom stereocenters. The number of hydrogen-bond donors (Lipinski definition) is 2. The fraction of sp³-hybridized carbons (Fsp3) is 0.600. The number of carbonyl (C=O) groups excluding carboxylic acids is 1. The van der Waals surface area contributed by atoms with Crippen LogP contribution in [0.5, 0.6) is 5.75 Å². The molecule has 2 N–H and O–H groups in total. The predicted molar refractivity (Wildman–Crippen MR) is 125 cm³/mol. The van der Waals surface area contributed by atoms with Crippen LogP contribution in [0.1, 0.15) is 33.3 Å². The van der Waals surface area contributed by atoms with Gasteiger partial charge in [0.1, 0.15) is 11.4 Å². The largest absolute Gasteiger partial charge is 0.496 e. The third-order valence-corrected chi connectivity index (χ3v) is 3.77. The van der Waals surface area contributed by atoms with E-state index in [1.807, 2.05) is 45.0 Å². The van der Waals surface area contributed by atoms with Gasteiger partial charge in [0.2, 0.25) is 0 Å². The van der Waals surface area contributed by atoms with E-state index in [9.17, 15) is 4.79 Å². The maximum atomic E-state index is 12.0. The van der Waals surface area contributed by atoms with Crippen LogP contribution in [0.15, 0.2) is 29.3 Å². The first-order chi connectivity index (χ1) is 12.7. The van der Waals surface area contributed by atoms with Gasteiger partial charge in [0.05, 0.1) is 7.11 Å². The van der Waals surface area contributed by atoms with Gasteiger partial charge in [-0.15, -0.1) is 24.0 Å². The van der Waals surface area contributed by atoms with E-state index < -0.39 is 5.60 Å². The van der Waals surface area contributed by atoms with Crippen molar-refractivity contribution >= 4 is 36.0 Å². The molecule has 0 aromatic heterocycles. The SMILES string of the molecule is CN=C(NCc1ccccc1OC)NCC(C)CN(C)C(=O)OC(C)(C)C.I. The molecule has 7 nitrogen and oxygen atoms in total. The van der Waals surface area contributed by atoms with Crippen molar-refractivity contribution in [2.75, 3.05) is 34.3 Å². The second-order valence-corrected chi connectivity index (χ2v) is 7.58. The zero-order valence-electron chi connectivity index (χ0n) is 18.0. The highest BCUT2D eigenvalue weighted by Crippen LogP contribution is 2.16. The molecule has 1 aromatic carbocycles. The van der Waals surface area contributed by atoms with Crippen LogP contribution in [-0.2, 0) is 11.3 Å². The quantitative estimate of drug-likeness (QED) is 0.337. The second kappa shape index (κ2) is 12.7. The average Bonchev–Trinajstić information content (AvgIpc) is 2.60. The number of rotatable bonds is 7. The topological polar surface area (TPSA) is 75.2 Å². The second-order valence-electron chi connectivity index (χ2n) is 7.58. The van der Waals surface area contributed by atoms with Crippen LogP contribution in [-0.4, -0.2) is 56.8 Å². The molecule has 0 aliphatic carbocycles. The number of ether oxygens (including phenoxy) is 2. The van der Waals surface area contributed by atoms with Gasteiger partial charge in [0.15, 0.2) is 5.96 Å². The van der Waals surface area contributed by atoms with Gasteiger partial charge >= 0.3 is 6.09 Å². The van der Waals surface area contributed by atoms with Crippen LogP contribution in [0.3, 0.4) is 0 Å². The molecule has 0 fully saturated rings. The maximum absolute atomic E-state index is 12.0. The van der Waals surface area contributed by atoms with E-state index in [4.69, 9.17) is 9.47 Å². The Bertz CT molecular complexity index is 632. The van der Waals surface area contributed by atoms with Crippen molar-refractivity contribution in [1.29, 1.82) is 0 Å². The van der Waals surface area contributed by atoms with E-state index in [0.29, 0.717) is 25.6 Å². The molecule has 1 amide bonds. The molecule has 28 heavy (non-hydrogen) atoms. The molecule has 0 aliphatic rings. The molecular weight excluding hydrogens is 471 g/mol. The average molecular weight is 506 g/mol. The van der Waals surface area contributed by atoms with E-state index in [0.717, 1.165) is 11.3 Å². The minimum atomic E-state index is -0.489. The number of guanidine groups is 1. The van der Waals surface area contributed by atoms with Crippen LogP contribution in [0.25, 0.3) is 0 Å². The molecule has 0 saturated heterocycles. The molecule has 1 unspecified atom stereocenters. The Kier molecular flexibility index (Phi) is 11.9. The fourth-order valence-electron chi connectivity index (χ4n) is 2.47. The first kappa shape index (κ1) is 26.3. The first-order valence-electron chi connectivity index (χ1n) is 9.16. The molecule has 0 heterocycles. The summed E-state index contributed by atoms with van der Waals surface area (Å²) in [7, 11) is 5.14. The van der Waals surface area contributed by atoms with Crippen LogP contribution in [0, 0.1) is 5.92 Å². The number of halogens is 1. The lowest BCUT2D eigenvalue weighted by Crippen LogP contribution is -2.42. The number of amides is 1. The van der Waals surface area contributed by atoms with Crippen molar-refractivity contribution in [3.8, 4) is 5.75 Å². The summed E-state index contributed by atoms with van der Waals surface area (Å²) < 4.78 is 10.7. The highest BCUT2D eigenvalue weighted by molar-refractivity contribution is 14.0. The molecule has 0 aliphatic heterocycles. The van der Waals surface area contributed by atoms with Gasteiger partial charge in [-0.2, -0.15) is 0 Å². The van der Waals surface area contributed by atoms with Gasteiger partial charge < -0.3 is 25.0 Å². The molecule has 0 spiro atoms. The standard InChI is InChI=1S/C20H34N4O3.HI/c1-15(14-24(6)19(25)27-20(2,3)4)12-22-18(21-5)23-13-16-10-8-9-11-17(16)26-7;/h8-11,15H,12-14H2,1-7H3,(H2,21,22,23);1H. The molecule has 1 rings (SSSR count). The van der Waals surface area contributed by atoms with E-state index in [1.165, 1.54) is 0 Å².